The van der Waals surface area contributed by atoms with Gasteiger partial charge in [0.1, 0.15) is 0 Å². The standard InChI is InChI=1S/C10H21NO/c1-5-7-8-11-9-10(3,4)12-6-2/h5,7,11H,6,8-9H2,1-4H3/b7-5+. The molecule has 0 aromatic carbocycles. The second kappa shape index (κ2) is 6.21. The molecule has 0 aliphatic heterocycles. The third kappa shape index (κ3) is 6.38. The summed E-state index contributed by atoms with van der Waals surface area (Å²) >= 11 is 0. The van der Waals surface area contributed by atoms with E-state index in [-0.39, 0.29) is 5.60 Å². The molecule has 72 valence electrons. The maximum absolute atomic E-state index is 5.52. The van der Waals surface area contributed by atoms with Gasteiger partial charge in [-0.05, 0) is 27.7 Å². The SMILES string of the molecule is C/C=C/CNCC(C)(C)OCC. The molecule has 2 nitrogen and oxygen atoms in total. The van der Waals surface area contributed by atoms with Gasteiger partial charge in [0, 0.05) is 19.7 Å². The van der Waals surface area contributed by atoms with Crippen molar-refractivity contribution in [2.45, 2.75) is 33.3 Å². The van der Waals surface area contributed by atoms with Crippen LogP contribution >= 0.6 is 0 Å². The minimum atomic E-state index is -0.0453. The Labute approximate surface area is 76.0 Å². The van der Waals surface area contributed by atoms with Gasteiger partial charge in [0.2, 0.25) is 0 Å². The zero-order valence-corrected chi connectivity index (χ0v) is 8.68. The highest BCUT2D eigenvalue weighted by molar-refractivity contribution is 4.81. The molecule has 0 fully saturated rings. The molecule has 0 atom stereocenters. The van der Waals surface area contributed by atoms with Crippen LogP contribution in [0.1, 0.15) is 27.7 Å². The van der Waals surface area contributed by atoms with Crippen LogP contribution < -0.4 is 5.32 Å². The molecule has 0 spiro atoms. The van der Waals surface area contributed by atoms with Crippen molar-refractivity contribution in [2.75, 3.05) is 19.7 Å². The molecule has 12 heavy (non-hydrogen) atoms. The van der Waals surface area contributed by atoms with Crippen molar-refractivity contribution >= 4 is 0 Å². The average Bonchev–Trinajstić information content (AvgIpc) is 1.98. The van der Waals surface area contributed by atoms with E-state index in [9.17, 15) is 0 Å². The van der Waals surface area contributed by atoms with Crippen molar-refractivity contribution in [1.29, 1.82) is 0 Å². The number of hydrogen-bond donors (Lipinski definition) is 1. The molecule has 0 aliphatic rings. The molecule has 0 aliphatic carbocycles. The number of rotatable bonds is 6. The fourth-order valence-electron chi connectivity index (χ4n) is 1.02. The molecule has 0 saturated heterocycles. The van der Waals surface area contributed by atoms with Gasteiger partial charge in [-0.3, -0.25) is 0 Å². The van der Waals surface area contributed by atoms with E-state index in [1.807, 2.05) is 19.9 Å². The number of ether oxygens (including phenoxy) is 1. The lowest BCUT2D eigenvalue weighted by molar-refractivity contribution is -0.00812. The van der Waals surface area contributed by atoms with Gasteiger partial charge in [0.15, 0.2) is 0 Å². The predicted octanol–water partition coefficient (Wildman–Crippen LogP) is 1.97. The molecule has 0 rings (SSSR count). The van der Waals surface area contributed by atoms with E-state index in [4.69, 9.17) is 4.74 Å². The number of hydrogen-bond acceptors (Lipinski definition) is 2. The van der Waals surface area contributed by atoms with E-state index in [2.05, 4.69) is 25.2 Å². The van der Waals surface area contributed by atoms with Gasteiger partial charge >= 0.3 is 0 Å². The molecule has 0 unspecified atom stereocenters. The van der Waals surface area contributed by atoms with E-state index in [0.717, 1.165) is 19.7 Å². The van der Waals surface area contributed by atoms with Crippen molar-refractivity contribution in [3.05, 3.63) is 12.2 Å². The Morgan fingerprint density at radius 3 is 2.58 bits per heavy atom. The topological polar surface area (TPSA) is 21.3 Å². The van der Waals surface area contributed by atoms with Gasteiger partial charge in [-0.2, -0.15) is 0 Å². The molecule has 0 aromatic rings. The summed E-state index contributed by atoms with van der Waals surface area (Å²) in [5.74, 6) is 0. The van der Waals surface area contributed by atoms with Crippen molar-refractivity contribution < 1.29 is 4.74 Å². The third-order valence-corrected chi connectivity index (χ3v) is 1.58. The van der Waals surface area contributed by atoms with Gasteiger partial charge in [0.25, 0.3) is 0 Å². The Bertz CT molecular complexity index is 130. The highest BCUT2D eigenvalue weighted by atomic mass is 16.5. The van der Waals surface area contributed by atoms with Crippen molar-refractivity contribution in [3.8, 4) is 0 Å². The van der Waals surface area contributed by atoms with Crippen LogP contribution in [0.2, 0.25) is 0 Å². The Kier molecular flexibility index (Phi) is 6.03. The van der Waals surface area contributed by atoms with Crippen LogP contribution in [-0.2, 0) is 4.74 Å². The van der Waals surface area contributed by atoms with E-state index in [1.54, 1.807) is 0 Å². The molecule has 0 heterocycles. The summed E-state index contributed by atoms with van der Waals surface area (Å²) < 4.78 is 5.52. The predicted molar refractivity (Wildman–Crippen MR) is 53.4 cm³/mol. The lowest BCUT2D eigenvalue weighted by Gasteiger charge is -2.24. The van der Waals surface area contributed by atoms with Crippen LogP contribution in [0.4, 0.5) is 0 Å². The smallest absolute Gasteiger partial charge is 0.0750 e. The minimum absolute atomic E-state index is 0.0453. The summed E-state index contributed by atoms with van der Waals surface area (Å²) in [5.41, 5.74) is -0.0453. The second-order valence-corrected chi connectivity index (χ2v) is 3.39. The molecule has 0 saturated carbocycles. The summed E-state index contributed by atoms with van der Waals surface area (Å²) in [6.07, 6.45) is 4.14. The van der Waals surface area contributed by atoms with Gasteiger partial charge in [-0.25, -0.2) is 0 Å². The van der Waals surface area contributed by atoms with Crippen LogP contribution in [0.15, 0.2) is 12.2 Å². The molecule has 0 amide bonds. The van der Waals surface area contributed by atoms with Gasteiger partial charge < -0.3 is 10.1 Å². The molecule has 0 radical (unpaired) electrons. The van der Waals surface area contributed by atoms with Crippen LogP contribution in [0.3, 0.4) is 0 Å². The fraction of sp³-hybridized carbons (Fsp3) is 0.800. The molecule has 0 aromatic heterocycles. The zero-order valence-electron chi connectivity index (χ0n) is 8.68. The quantitative estimate of drug-likeness (QED) is 0.487. The summed E-state index contributed by atoms with van der Waals surface area (Å²) in [6.45, 7) is 10.8. The molecular formula is C10H21NO. The molecule has 1 N–H and O–H groups in total. The highest BCUT2D eigenvalue weighted by Gasteiger charge is 2.15. The first-order valence-electron chi connectivity index (χ1n) is 4.58. The number of allylic oxidation sites excluding steroid dienone is 1. The maximum Gasteiger partial charge on any atom is 0.0750 e. The Morgan fingerprint density at radius 1 is 1.42 bits per heavy atom. The van der Waals surface area contributed by atoms with Crippen LogP contribution in [0.5, 0.6) is 0 Å². The largest absolute Gasteiger partial charge is 0.375 e. The van der Waals surface area contributed by atoms with Crippen molar-refractivity contribution in [2.24, 2.45) is 0 Å². The summed E-state index contributed by atoms with van der Waals surface area (Å²) in [5, 5.41) is 3.30. The fourth-order valence-corrected chi connectivity index (χ4v) is 1.02. The first kappa shape index (κ1) is 11.7. The summed E-state index contributed by atoms with van der Waals surface area (Å²) in [4.78, 5) is 0. The van der Waals surface area contributed by atoms with Gasteiger partial charge in [0.05, 0.1) is 5.60 Å². The Balaban J connectivity index is 3.46. The van der Waals surface area contributed by atoms with Gasteiger partial charge in [-0.15, -0.1) is 0 Å². The average molecular weight is 171 g/mol. The minimum Gasteiger partial charge on any atom is -0.375 e. The third-order valence-electron chi connectivity index (χ3n) is 1.58. The lowest BCUT2D eigenvalue weighted by atomic mass is 10.1. The van der Waals surface area contributed by atoms with E-state index in [1.165, 1.54) is 0 Å². The normalized spacial score (nSPS) is 12.7. The van der Waals surface area contributed by atoms with Crippen LogP contribution in [-0.4, -0.2) is 25.3 Å². The molecular weight excluding hydrogens is 150 g/mol. The van der Waals surface area contributed by atoms with Crippen molar-refractivity contribution in [3.63, 3.8) is 0 Å². The summed E-state index contributed by atoms with van der Waals surface area (Å²) in [6, 6.07) is 0. The number of nitrogens with one attached hydrogen (secondary N) is 1. The zero-order chi connectivity index (χ0) is 9.45. The first-order valence-corrected chi connectivity index (χ1v) is 4.58. The monoisotopic (exact) mass is 171 g/mol. The van der Waals surface area contributed by atoms with Crippen molar-refractivity contribution in [1.82, 2.24) is 5.32 Å². The van der Waals surface area contributed by atoms with Crippen LogP contribution in [0.25, 0.3) is 0 Å². The van der Waals surface area contributed by atoms with E-state index in [0.29, 0.717) is 0 Å². The van der Waals surface area contributed by atoms with E-state index < -0.39 is 0 Å². The molecule has 0 bridgehead atoms. The lowest BCUT2D eigenvalue weighted by Crippen LogP contribution is -2.37. The maximum atomic E-state index is 5.52. The van der Waals surface area contributed by atoms with Crippen LogP contribution in [0, 0.1) is 0 Å². The Morgan fingerprint density at radius 2 is 2.08 bits per heavy atom. The van der Waals surface area contributed by atoms with Gasteiger partial charge in [-0.1, -0.05) is 12.2 Å². The molecule has 2 heteroatoms. The van der Waals surface area contributed by atoms with E-state index >= 15 is 0 Å². The Hall–Kier alpha value is -0.340. The highest BCUT2D eigenvalue weighted by Crippen LogP contribution is 2.06. The first-order chi connectivity index (χ1) is 5.62. The summed E-state index contributed by atoms with van der Waals surface area (Å²) in [7, 11) is 0. The second-order valence-electron chi connectivity index (χ2n) is 3.39.